The number of hydrazone groups is 1. The van der Waals surface area contributed by atoms with Gasteiger partial charge in [-0.25, -0.2) is 5.43 Å². The average molecular weight is 190 g/mol. The average Bonchev–Trinajstić information content (AvgIpc) is 2.46. The molecule has 1 fully saturated rings. The van der Waals surface area contributed by atoms with Gasteiger partial charge in [-0.2, -0.15) is 5.10 Å². The highest BCUT2D eigenvalue weighted by Crippen LogP contribution is 2.51. The minimum atomic E-state index is -0.276. The van der Waals surface area contributed by atoms with Crippen LogP contribution in [0.2, 0.25) is 0 Å². The lowest BCUT2D eigenvalue weighted by molar-refractivity contribution is -0.127. The number of carbonyl (C=O) groups is 1. The Labute approximate surface area is 83.3 Å². The van der Waals surface area contributed by atoms with E-state index in [0.717, 1.165) is 31.4 Å². The first kappa shape index (κ1) is 8.21. The highest BCUT2D eigenvalue weighted by molar-refractivity contribution is 6.16. The number of hydrogen-bond donors (Lipinski definition) is 1. The highest BCUT2D eigenvalue weighted by atomic mass is 16.2. The Morgan fingerprint density at radius 1 is 1.50 bits per heavy atom. The molecule has 2 bridgehead atoms. The molecule has 3 rings (SSSR count). The van der Waals surface area contributed by atoms with Crippen LogP contribution in [0, 0.1) is 10.8 Å². The zero-order valence-corrected chi connectivity index (χ0v) is 8.34. The molecule has 3 aliphatic rings. The second-order valence-electron chi connectivity index (χ2n) is 4.86. The van der Waals surface area contributed by atoms with Gasteiger partial charge in [0.2, 0.25) is 0 Å². The second kappa shape index (κ2) is 2.27. The molecule has 2 unspecified atom stereocenters. The first-order valence-corrected chi connectivity index (χ1v) is 5.24. The van der Waals surface area contributed by atoms with E-state index in [2.05, 4.69) is 29.6 Å². The number of nitrogens with zero attached hydrogens (tertiary/aromatic N) is 1. The largest absolute Gasteiger partial charge is 0.272 e. The fraction of sp³-hybridized carbons (Fsp3) is 0.636. The van der Waals surface area contributed by atoms with Gasteiger partial charge in [-0.15, -0.1) is 0 Å². The molecule has 1 amide bonds. The smallest absolute Gasteiger partial charge is 0.252 e. The first-order chi connectivity index (χ1) is 6.67. The number of nitrogens with one attached hydrogen (secondary N) is 1. The van der Waals surface area contributed by atoms with Crippen LogP contribution in [0.4, 0.5) is 0 Å². The molecular formula is C11H14N2O. The lowest BCUT2D eigenvalue weighted by Gasteiger charge is -2.44. The van der Waals surface area contributed by atoms with Gasteiger partial charge in [-0.1, -0.05) is 25.5 Å². The van der Waals surface area contributed by atoms with Crippen LogP contribution in [0.25, 0.3) is 0 Å². The zero-order valence-electron chi connectivity index (χ0n) is 8.34. The topological polar surface area (TPSA) is 41.5 Å². The summed E-state index contributed by atoms with van der Waals surface area (Å²) in [6.07, 6.45) is 8.45. The minimum Gasteiger partial charge on any atom is -0.272 e. The Hall–Kier alpha value is -1.12. The van der Waals surface area contributed by atoms with E-state index in [1.54, 1.807) is 0 Å². The Balaban J connectivity index is 2.20. The molecule has 1 heterocycles. The number of allylic oxidation sites excluding steroid dienone is 2. The third-order valence-electron chi connectivity index (χ3n) is 3.95. The van der Waals surface area contributed by atoms with Crippen molar-refractivity contribution in [2.45, 2.75) is 32.6 Å². The van der Waals surface area contributed by atoms with E-state index < -0.39 is 0 Å². The van der Waals surface area contributed by atoms with E-state index in [0.29, 0.717) is 0 Å². The highest BCUT2D eigenvalue weighted by Gasteiger charge is 2.56. The van der Waals surface area contributed by atoms with Crippen molar-refractivity contribution in [2.75, 3.05) is 0 Å². The molecule has 0 aromatic heterocycles. The summed E-state index contributed by atoms with van der Waals surface area (Å²) in [6, 6.07) is 0. The van der Waals surface area contributed by atoms with Crippen molar-refractivity contribution >= 4 is 11.6 Å². The van der Waals surface area contributed by atoms with Crippen LogP contribution in [0.3, 0.4) is 0 Å². The van der Waals surface area contributed by atoms with Crippen LogP contribution in [-0.2, 0) is 4.79 Å². The van der Waals surface area contributed by atoms with Crippen molar-refractivity contribution < 1.29 is 4.79 Å². The standard InChI is InChI=1S/C11H14N2O/c1-10-4-2-6-11(7-3-5-10)8(10)12-13-9(11)14/h2,4H,3,5-7H2,1H3,(H,13,14). The van der Waals surface area contributed by atoms with Gasteiger partial charge < -0.3 is 0 Å². The minimum absolute atomic E-state index is 0.0374. The van der Waals surface area contributed by atoms with Crippen molar-refractivity contribution in [2.24, 2.45) is 15.9 Å². The van der Waals surface area contributed by atoms with E-state index in [9.17, 15) is 4.79 Å². The molecule has 3 nitrogen and oxygen atoms in total. The van der Waals surface area contributed by atoms with Gasteiger partial charge in [0.05, 0.1) is 11.1 Å². The SMILES string of the molecule is CC12C=CCC3(CCC1)C(=O)NN=C23. The summed E-state index contributed by atoms with van der Waals surface area (Å²) in [6.45, 7) is 2.19. The first-order valence-electron chi connectivity index (χ1n) is 5.24. The quantitative estimate of drug-likeness (QED) is 0.579. The molecule has 2 atom stereocenters. The predicted molar refractivity (Wildman–Crippen MR) is 53.7 cm³/mol. The second-order valence-corrected chi connectivity index (χ2v) is 4.86. The molecule has 14 heavy (non-hydrogen) atoms. The van der Waals surface area contributed by atoms with Gasteiger partial charge in [0, 0.05) is 5.41 Å². The van der Waals surface area contributed by atoms with Crippen molar-refractivity contribution in [1.82, 2.24) is 5.43 Å². The third-order valence-corrected chi connectivity index (χ3v) is 3.95. The third kappa shape index (κ3) is 0.740. The maximum Gasteiger partial charge on any atom is 0.252 e. The molecule has 1 aliphatic heterocycles. The van der Waals surface area contributed by atoms with Crippen molar-refractivity contribution in [3.05, 3.63) is 12.2 Å². The summed E-state index contributed by atoms with van der Waals surface area (Å²) in [5.41, 5.74) is 3.51. The van der Waals surface area contributed by atoms with Crippen LogP contribution < -0.4 is 5.43 Å². The summed E-state index contributed by atoms with van der Waals surface area (Å²) >= 11 is 0. The van der Waals surface area contributed by atoms with E-state index in [1.807, 2.05) is 0 Å². The van der Waals surface area contributed by atoms with Gasteiger partial charge in [0.1, 0.15) is 0 Å². The summed E-state index contributed by atoms with van der Waals surface area (Å²) in [4.78, 5) is 11.8. The monoisotopic (exact) mass is 190 g/mol. The van der Waals surface area contributed by atoms with Crippen molar-refractivity contribution in [3.8, 4) is 0 Å². The van der Waals surface area contributed by atoms with Gasteiger partial charge in [-0.3, -0.25) is 4.79 Å². The number of rotatable bonds is 0. The maximum absolute atomic E-state index is 11.8. The molecule has 0 radical (unpaired) electrons. The summed E-state index contributed by atoms with van der Waals surface area (Å²) in [5, 5.41) is 4.25. The summed E-state index contributed by atoms with van der Waals surface area (Å²) in [7, 11) is 0. The molecule has 1 saturated carbocycles. The lowest BCUT2D eigenvalue weighted by atomic mass is 9.57. The van der Waals surface area contributed by atoms with E-state index in [1.165, 1.54) is 0 Å². The van der Waals surface area contributed by atoms with Crippen LogP contribution in [-0.4, -0.2) is 11.6 Å². The molecule has 3 heteroatoms. The zero-order chi connectivity index (χ0) is 9.81. The Kier molecular flexibility index (Phi) is 1.33. The van der Waals surface area contributed by atoms with Crippen molar-refractivity contribution in [1.29, 1.82) is 0 Å². The Bertz CT molecular complexity index is 371. The molecular weight excluding hydrogens is 176 g/mol. The number of hydrogen-bond acceptors (Lipinski definition) is 2. The van der Waals surface area contributed by atoms with E-state index in [4.69, 9.17) is 0 Å². The fourth-order valence-electron chi connectivity index (χ4n) is 3.18. The number of amides is 1. The molecule has 74 valence electrons. The predicted octanol–water partition coefficient (Wildman–Crippen LogP) is 1.61. The van der Waals surface area contributed by atoms with Gasteiger partial charge in [-0.05, 0) is 19.3 Å². The maximum atomic E-state index is 11.8. The molecule has 0 aromatic carbocycles. The van der Waals surface area contributed by atoms with Gasteiger partial charge in [0.15, 0.2) is 0 Å². The van der Waals surface area contributed by atoms with E-state index >= 15 is 0 Å². The lowest BCUT2D eigenvalue weighted by Crippen LogP contribution is -2.49. The van der Waals surface area contributed by atoms with Crippen LogP contribution in [0.1, 0.15) is 32.6 Å². The molecule has 0 aromatic rings. The Morgan fingerprint density at radius 2 is 2.36 bits per heavy atom. The summed E-state index contributed by atoms with van der Waals surface area (Å²) in [5.74, 6) is 0.114. The van der Waals surface area contributed by atoms with Crippen molar-refractivity contribution in [3.63, 3.8) is 0 Å². The normalized spacial score (nSPS) is 44.4. The molecule has 2 aliphatic carbocycles. The fourth-order valence-corrected chi connectivity index (χ4v) is 3.18. The molecule has 1 N–H and O–H groups in total. The molecule has 0 saturated heterocycles. The number of carbonyl (C=O) groups excluding carboxylic acids is 1. The Morgan fingerprint density at radius 3 is 3.14 bits per heavy atom. The van der Waals surface area contributed by atoms with Crippen LogP contribution in [0.5, 0.6) is 0 Å². The van der Waals surface area contributed by atoms with Gasteiger partial charge >= 0.3 is 0 Å². The van der Waals surface area contributed by atoms with Crippen LogP contribution in [0.15, 0.2) is 17.3 Å². The summed E-state index contributed by atoms with van der Waals surface area (Å²) < 4.78 is 0. The van der Waals surface area contributed by atoms with E-state index in [-0.39, 0.29) is 16.7 Å². The molecule has 0 spiro atoms. The van der Waals surface area contributed by atoms with Gasteiger partial charge in [0.25, 0.3) is 5.91 Å². The van der Waals surface area contributed by atoms with Crippen LogP contribution >= 0.6 is 0 Å².